The molecule has 0 aliphatic carbocycles. The van der Waals surface area contributed by atoms with E-state index in [4.69, 9.17) is 4.74 Å². The first-order chi connectivity index (χ1) is 4.33. The van der Waals surface area contributed by atoms with Crippen LogP contribution >= 0.6 is 0 Å². The van der Waals surface area contributed by atoms with Crippen LogP contribution in [0.5, 0.6) is 0 Å². The highest BCUT2D eigenvalue weighted by Crippen LogP contribution is 2.10. The molecule has 1 heterocycles. The smallest absolute Gasteiger partial charge is 0.315 e. The Bertz CT molecular complexity index is 177. The molecule has 0 radical (unpaired) electrons. The van der Waals surface area contributed by atoms with Crippen molar-refractivity contribution in [2.75, 3.05) is 0 Å². The molecular weight excluding hydrogens is 116 g/mol. The molecule has 0 aromatic rings. The first kappa shape index (κ1) is 6.08. The molecule has 0 aromatic carbocycles. The van der Waals surface area contributed by atoms with E-state index in [2.05, 4.69) is 0 Å². The SMILES string of the molecule is C/C=C/C1=CCC(=O)O1. The normalized spacial score (nSPS) is 18.3. The van der Waals surface area contributed by atoms with Crippen molar-refractivity contribution < 1.29 is 9.53 Å². The molecule has 0 bridgehead atoms. The zero-order valence-corrected chi connectivity index (χ0v) is 5.26. The fourth-order valence-electron chi connectivity index (χ4n) is 0.665. The molecule has 1 aliphatic heterocycles. The summed E-state index contributed by atoms with van der Waals surface area (Å²) in [5.41, 5.74) is 0. The maximum atomic E-state index is 10.4. The van der Waals surface area contributed by atoms with Gasteiger partial charge in [-0.25, -0.2) is 0 Å². The van der Waals surface area contributed by atoms with Gasteiger partial charge in [-0.3, -0.25) is 4.79 Å². The van der Waals surface area contributed by atoms with Crippen LogP contribution < -0.4 is 0 Å². The molecule has 0 N–H and O–H groups in total. The van der Waals surface area contributed by atoms with Gasteiger partial charge in [0.1, 0.15) is 5.76 Å². The molecule has 0 saturated carbocycles. The average Bonchev–Trinajstić information content (AvgIpc) is 2.17. The van der Waals surface area contributed by atoms with Crippen molar-refractivity contribution in [3.05, 3.63) is 24.0 Å². The van der Waals surface area contributed by atoms with Crippen molar-refractivity contribution in [2.24, 2.45) is 0 Å². The highest BCUT2D eigenvalue weighted by molar-refractivity contribution is 5.75. The van der Waals surface area contributed by atoms with Crippen LogP contribution in [0.3, 0.4) is 0 Å². The maximum absolute atomic E-state index is 10.4. The molecule has 1 rings (SSSR count). The second-order valence-corrected chi connectivity index (χ2v) is 1.78. The number of esters is 1. The summed E-state index contributed by atoms with van der Waals surface area (Å²) in [6, 6.07) is 0. The van der Waals surface area contributed by atoms with Gasteiger partial charge in [-0.05, 0) is 19.1 Å². The molecule has 0 fully saturated rings. The summed E-state index contributed by atoms with van der Waals surface area (Å²) in [4.78, 5) is 10.4. The van der Waals surface area contributed by atoms with Gasteiger partial charge in [-0.1, -0.05) is 6.08 Å². The molecule has 2 heteroatoms. The summed E-state index contributed by atoms with van der Waals surface area (Å²) in [7, 11) is 0. The average molecular weight is 124 g/mol. The molecule has 0 atom stereocenters. The van der Waals surface area contributed by atoms with Gasteiger partial charge < -0.3 is 4.74 Å². The van der Waals surface area contributed by atoms with E-state index in [1.165, 1.54) is 0 Å². The second-order valence-electron chi connectivity index (χ2n) is 1.78. The molecule has 48 valence electrons. The lowest BCUT2D eigenvalue weighted by molar-refractivity contribution is -0.136. The Morgan fingerprint density at radius 3 is 3.00 bits per heavy atom. The monoisotopic (exact) mass is 124 g/mol. The summed E-state index contributed by atoms with van der Waals surface area (Å²) < 4.78 is 4.74. The number of ether oxygens (including phenoxy) is 1. The maximum Gasteiger partial charge on any atom is 0.315 e. The Labute approximate surface area is 53.8 Å². The predicted molar refractivity (Wildman–Crippen MR) is 33.6 cm³/mol. The van der Waals surface area contributed by atoms with Gasteiger partial charge in [0.05, 0.1) is 6.42 Å². The Morgan fingerprint density at radius 1 is 1.78 bits per heavy atom. The van der Waals surface area contributed by atoms with Gasteiger partial charge in [0.25, 0.3) is 0 Å². The van der Waals surface area contributed by atoms with Crippen molar-refractivity contribution in [1.82, 2.24) is 0 Å². The number of carbonyl (C=O) groups excluding carboxylic acids is 1. The number of carbonyl (C=O) groups is 1. The van der Waals surface area contributed by atoms with Gasteiger partial charge in [0, 0.05) is 0 Å². The largest absolute Gasteiger partial charge is 0.427 e. The standard InChI is InChI=1S/C7H8O2/c1-2-3-6-4-5-7(8)9-6/h2-4H,5H2,1H3/b3-2+. The summed E-state index contributed by atoms with van der Waals surface area (Å²) in [6.07, 6.45) is 5.79. The van der Waals surface area contributed by atoms with Crippen LogP contribution in [0.4, 0.5) is 0 Å². The number of allylic oxidation sites excluding steroid dienone is 2. The Hall–Kier alpha value is -1.05. The van der Waals surface area contributed by atoms with Gasteiger partial charge in [0.2, 0.25) is 0 Å². The lowest BCUT2D eigenvalue weighted by Gasteiger charge is -1.90. The van der Waals surface area contributed by atoms with Crippen molar-refractivity contribution in [2.45, 2.75) is 13.3 Å². The van der Waals surface area contributed by atoms with E-state index >= 15 is 0 Å². The van der Waals surface area contributed by atoms with Crippen molar-refractivity contribution in [1.29, 1.82) is 0 Å². The molecule has 0 unspecified atom stereocenters. The molecule has 9 heavy (non-hydrogen) atoms. The molecule has 1 aliphatic rings. The van der Waals surface area contributed by atoms with Crippen LogP contribution in [0.2, 0.25) is 0 Å². The van der Waals surface area contributed by atoms with E-state index in [1.807, 2.05) is 13.0 Å². The van der Waals surface area contributed by atoms with E-state index in [1.54, 1.807) is 12.2 Å². The molecule has 0 aromatic heterocycles. The third-order valence-electron chi connectivity index (χ3n) is 1.03. The highest BCUT2D eigenvalue weighted by atomic mass is 16.5. The third-order valence-corrected chi connectivity index (χ3v) is 1.03. The van der Waals surface area contributed by atoms with Crippen LogP contribution in [-0.4, -0.2) is 5.97 Å². The zero-order valence-electron chi connectivity index (χ0n) is 5.26. The highest BCUT2D eigenvalue weighted by Gasteiger charge is 2.10. The van der Waals surface area contributed by atoms with E-state index in [9.17, 15) is 4.79 Å². The van der Waals surface area contributed by atoms with Gasteiger partial charge in [-0.15, -0.1) is 0 Å². The van der Waals surface area contributed by atoms with Crippen molar-refractivity contribution in [3.63, 3.8) is 0 Å². The fraction of sp³-hybridized carbons (Fsp3) is 0.286. The number of hydrogen-bond acceptors (Lipinski definition) is 2. The summed E-state index contributed by atoms with van der Waals surface area (Å²) in [5, 5.41) is 0. The molecular formula is C7H8O2. The minimum Gasteiger partial charge on any atom is -0.427 e. The van der Waals surface area contributed by atoms with Crippen molar-refractivity contribution >= 4 is 5.97 Å². The summed E-state index contributed by atoms with van der Waals surface area (Å²) >= 11 is 0. The second kappa shape index (κ2) is 2.49. The van der Waals surface area contributed by atoms with E-state index < -0.39 is 0 Å². The molecule has 0 amide bonds. The molecule has 2 nitrogen and oxygen atoms in total. The van der Waals surface area contributed by atoms with E-state index in [-0.39, 0.29) is 5.97 Å². The number of cyclic esters (lactones) is 1. The summed E-state index contributed by atoms with van der Waals surface area (Å²) in [6.45, 7) is 1.88. The van der Waals surface area contributed by atoms with Crippen LogP contribution in [0.25, 0.3) is 0 Å². The number of rotatable bonds is 1. The molecule has 0 saturated heterocycles. The predicted octanol–water partition coefficient (Wildman–Crippen LogP) is 1.39. The third kappa shape index (κ3) is 1.42. The van der Waals surface area contributed by atoms with Gasteiger partial charge >= 0.3 is 5.97 Å². The first-order valence-corrected chi connectivity index (χ1v) is 2.86. The Morgan fingerprint density at radius 2 is 2.56 bits per heavy atom. The fourth-order valence-corrected chi connectivity index (χ4v) is 0.665. The van der Waals surface area contributed by atoms with Gasteiger partial charge in [0.15, 0.2) is 0 Å². The lowest BCUT2D eigenvalue weighted by Crippen LogP contribution is -1.91. The topological polar surface area (TPSA) is 26.3 Å². The van der Waals surface area contributed by atoms with E-state index in [0.717, 1.165) is 0 Å². The minimum absolute atomic E-state index is 0.164. The minimum atomic E-state index is -0.164. The zero-order chi connectivity index (χ0) is 6.69. The molecule has 0 spiro atoms. The summed E-state index contributed by atoms with van der Waals surface area (Å²) in [5.74, 6) is 0.505. The van der Waals surface area contributed by atoms with Crippen LogP contribution in [-0.2, 0) is 9.53 Å². The Balaban J connectivity index is 2.55. The van der Waals surface area contributed by atoms with E-state index in [0.29, 0.717) is 12.2 Å². The first-order valence-electron chi connectivity index (χ1n) is 2.86. The van der Waals surface area contributed by atoms with Crippen LogP contribution in [0, 0.1) is 0 Å². The number of hydrogen-bond donors (Lipinski definition) is 0. The van der Waals surface area contributed by atoms with Crippen LogP contribution in [0.1, 0.15) is 13.3 Å². The van der Waals surface area contributed by atoms with Crippen molar-refractivity contribution in [3.8, 4) is 0 Å². The van der Waals surface area contributed by atoms with Crippen LogP contribution in [0.15, 0.2) is 24.0 Å². The Kier molecular flexibility index (Phi) is 1.68. The van der Waals surface area contributed by atoms with Gasteiger partial charge in [-0.2, -0.15) is 0 Å². The lowest BCUT2D eigenvalue weighted by atomic mass is 10.4. The quantitative estimate of drug-likeness (QED) is 0.494.